The Balaban J connectivity index is 1.60. The number of rotatable bonds is 5. The lowest BCUT2D eigenvalue weighted by Gasteiger charge is -2.11. The first-order valence-corrected chi connectivity index (χ1v) is 9.33. The van der Waals surface area contributed by atoms with Gasteiger partial charge in [-0.15, -0.1) is 0 Å². The van der Waals surface area contributed by atoms with Gasteiger partial charge in [-0.1, -0.05) is 6.07 Å². The summed E-state index contributed by atoms with van der Waals surface area (Å²) in [5, 5.41) is 5.74. The van der Waals surface area contributed by atoms with Crippen LogP contribution >= 0.6 is 0 Å². The molecule has 3 aromatic rings. The highest BCUT2D eigenvalue weighted by atomic mass is 19.4. The SMILES string of the molecule is Cc1cc(Nc2nccc(C(F)(F)F)n2)cc(-c2cncc(C(=O)NC3CC3)c2)c1. The van der Waals surface area contributed by atoms with Gasteiger partial charge in [-0.2, -0.15) is 13.2 Å². The maximum Gasteiger partial charge on any atom is 0.433 e. The maximum atomic E-state index is 12.9. The monoisotopic (exact) mass is 413 g/mol. The molecule has 9 heteroatoms. The summed E-state index contributed by atoms with van der Waals surface area (Å²) < 4.78 is 38.7. The highest BCUT2D eigenvalue weighted by Gasteiger charge is 2.32. The van der Waals surface area contributed by atoms with Crippen LogP contribution in [0.15, 0.2) is 48.9 Å². The van der Waals surface area contributed by atoms with Crippen molar-refractivity contribution in [2.75, 3.05) is 5.32 Å². The van der Waals surface area contributed by atoms with Crippen molar-refractivity contribution >= 4 is 17.5 Å². The van der Waals surface area contributed by atoms with Gasteiger partial charge in [0.2, 0.25) is 5.95 Å². The third-order valence-electron chi connectivity index (χ3n) is 4.53. The molecule has 1 amide bonds. The highest BCUT2D eigenvalue weighted by molar-refractivity contribution is 5.95. The fourth-order valence-electron chi connectivity index (χ4n) is 2.95. The Labute approximate surface area is 170 Å². The van der Waals surface area contributed by atoms with Crippen molar-refractivity contribution < 1.29 is 18.0 Å². The lowest BCUT2D eigenvalue weighted by Crippen LogP contribution is -2.25. The van der Waals surface area contributed by atoms with Crippen molar-refractivity contribution in [2.24, 2.45) is 0 Å². The standard InChI is InChI=1S/C21H18F3N5O/c1-12-6-13(14-8-15(11-25-10-14)19(30)27-16-2-3-16)9-17(7-12)28-20-26-5-4-18(29-20)21(22,23)24/h4-11,16H,2-3H2,1H3,(H,27,30)(H,26,28,29). The van der Waals surface area contributed by atoms with Crippen LogP contribution in [-0.4, -0.2) is 26.9 Å². The van der Waals surface area contributed by atoms with Crippen LogP contribution in [0.1, 0.15) is 34.5 Å². The summed E-state index contributed by atoms with van der Waals surface area (Å²) in [6, 6.07) is 8.21. The number of halogens is 3. The van der Waals surface area contributed by atoms with Gasteiger partial charge in [-0.3, -0.25) is 9.78 Å². The van der Waals surface area contributed by atoms with Crippen LogP contribution in [0.5, 0.6) is 0 Å². The second-order valence-corrected chi connectivity index (χ2v) is 7.19. The zero-order valence-corrected chi connectivity index (χ0v) is 16.0. The second kappa shape index (κ2) is 7.74. The third-order valence-corrected chi connectivity index (χ3v) is 4.53. The number of hydrogen-bond donors (Lipinski definition) is 2. The number of nitrogens with zero attached hydrogens (tertiary/aromatic N) is 3. The predicted octanol–water partition coefficient (Wildman–Crippen LogP) is 4.50. The number of benzene rings is 1. The molecular weight excluding hydrogens is 395 g/mol. The van der Waals surface area contributed by atoms with E-state index in [1.54, 1.807) is 24.4 Å². The zero-order valence-electron chi connectivity index (χ0n) is 16.0. The zero-order chi connectivity index (χ0) is 21.3. The van der Waals surface area contributed by atoms with E-state index in [9.17, 15) is 18.0 Å². The molecule has 0 unspecified atom stereocenters. The number of anilines is 2. The minimum Gasteiger partial charge on any atom is -0.349 e. The predicted molar refractivity (Wildman–Crippen MR) is 105 cm³/mol. The minimum absolute atomic E-state index is 0.155. The normalized spacial score (nSPS) is 13.7. The van der Waals surface area contributed by atoms with Crippen LogP contribution in [0, 0.1) is 6.92 Å². The summed E-state index contributed by atoms with van der Waals surface area (Å²) in [4.78, 5) is 23.8. The molecule has 0 aliphatic heterocycles. The Bertz CT molecular complexity index is 1100. The lowest BCUT2D eigenvalue weighted by atomic mass is 10.0. The highest BCUT2D eigenvalue weighted by Crippen LogP contribution is 2.29. The molecule has 0 spiro atoms. The van der Waals surface area contributed by atoms with Crippen LogP contribution in [0.4, 0.5) is 24.8 Å². The molecule has 154 valence electrons. The summed E-state index contributed by atoms with van der Waals surface area (Å²) in [5.41, 5.74) is 2.31. The Morgan fingerprint density at radius 2 is 1.90 bits per heavy atom. The van der Waals surface area contributed by atoms with Crippen LogP contribution in [0.3, 0.4) is 0 Å². The van der Waals surface area contributed by atoms with Gasteiger partial charge >= 0.3 is 6.18 Å². The van der Waals surface area contributed by atoms with Gasteiger partial charge in [0, 0.05) is 35.9 Å². The smallest absolute Gasteiger partial charge is 0.349 e. The maximum absolute atomic E-state index is 12.9. The molecule has 1 fully saturated rings. The van der Waals surface area contributed by atoms with Gasteiger partial charge in [0.1, 0.15) is 5.69 Å². The largest absolute Gasteiger partial charge is 0.433 e. The average Bonchev–Trinajstić information content (AvgIpc) is 3.51. The van der Waals surface area contributed by atoms with Gasteiger partial charge in [0.15, 0.2) is 0 Å². The molecule has 30 heavy (non-hydrogen) atoms. The van der Waals surface area contributed by atoms with Crippen molar-refractivity contribution in [3.8, 4) is 11.1 Å². The molecule has 0 bridgehead atoms. The first kappa shape index (κ1) is 19.8. The molecular formula is C21H18F3N5O. The van der Waals surface area contributed by atoms with Crippen LogP contribution in [-0.2, 0) is 6.18 Å². The van der Waals surface area contributed by atoms with Gasteiger partial charge < -0.3 is 10.6 Å². The van der Waals surface area contributed by atoms with E-state index in [4.69, 9.17) is 0 Å². The van der Waals surface area contributed by atoms with Crippen molar-refractivity contribution in [1.82, 2.24) is 20.3 Å². The Morgan fingerprint density at radius 1 is 1.10 bits per heavy atom. The molecule has 2 heterocycles. The van der Waals surface area contributed by atoms with E-state index in [1.807, 2.05) is 13.0 Å². The number of carbonyl (C=O) groups excluding carboxylic acids is 1. The van der Waals surface area contributed by atoms with E-state index in [0.717, 1.165) is 41.8 Å². The molecule has 0 radical (unpaired) electrons. The van der Waals surface area contributed by atoms with Crippen molar-refractivity contribution in [1.29, 1.82) is 0 Å². The van der Waals surface area contributed by atoms with E-state index in [0.29, 0.717) is 11.3 Å². The molecule has 1 aliphatic rings. The number of alkyl halides is 3. The van der Waals surface area contributed by atoms with Crippen LogP contribution in [0.25, 0.3) is 11.1 Å². The third kappa shape index (κ3) is 4.73. The van der Waals surface area contributed by atoms with E-state index in [1.165, 1.54) is 6.20 Å². The van der Waals surface area contributed by atoms with Crippen molar-refractivity contribution in [2.45, 2.75) is 32.0 Å². The van der Waals surface area contributed by atoms with Crippen LogP contribution < -0.4 is 10.6 Å². The fourth-order valence-corrected chi connectivity index (χ4v) is 2.95. The molecule has 0 saturated heterocycles. The minimum atomic E-state index is -4.55. The average molecular weight is 413 g/mol. The van der Waals surface area contributed by atoms with Crippen molar-refractivity contribution in [3.05, 3.63) is 65.7 Å². The number of nitrogens with one attached hydrogen (secondary N) is 2. The topological polar surface area (TPSA) is 79.8 Å². The number of pyridine rings is 1. The molecule has 1 aromatic carbocycles. The van der Waals surface area contributed by atoms with Gasteiger partial charge in [-0.25, -0.2) is 9.97 Å². The molecule has 6 nitrogen and oxygen atoms in total. The summed E-state index contributed by atoms with van der Waals surface area (Å²) in [7, 11) is 0. The number of carbonyl (C=O) groups is 1. The van der Waals surface area contributed by atoms with Gasteiger partial charge in [0.25, 0.3) is 5.91 Å². The Hall–Kier alpha value is -3.49. The number of aromatic nitrogens is 3. The summed E-state index contributed by atoms with van der Waals surface area (Å²) >= 11 is 0. The van der Waals surface area contributed by atoms with E-state index < -0.39 is 11.9 Å². The summed E-state index contributed by atoms with van der Waals surface area (Å²) in [6.45, 7) is 1.86. The molecule has 2 N–H and O–H groups in total. The van der Waals surface area contributed by atoms with Gasteiger partial charge in [-0.05, 0) is 55.2 Å². The van der Waals surface area contributed by atoms with Gasteiger partial charge in [0.05, 0.1) is 5.56 Å². The first-order chi connectivity index (χ1) is 14.3. The number of aryl methyl sites for hydroxylation is 1. The summed E-state index contributed by atoms with van der Waals surface area (Å²) in [6.07, 6.45) is 1.62. The molecule has 0 atom stereocenters. The fraction of sp³-hybridized carbons (Fsp3) is 0.238. The molecule has 2 aromatic heterocycles. The number of amides is 1. The first-order valence-electron chi connectivity index (χ1n) is 9.33. The molecule has 1 aliphatic carbocycles. The quantitative estimate of drug-likeness (QED) is 0.644. The molecule has 4 rings (SSSR count). The Kier molecular flexibility index (Phi) is 5.11. The van der Waals surface area contributed by atoms with Crippen LogP contribution in [0.2, 0.25) is 0 Å². The second-order valence-electron chi connectivity index (χ2n) is 7.19. The lowest BCUT2D eigenvalue weighted by molar-refractivity contribution is -0.141. The summed E-state index contributed by atoms with van der Waals surface area (Å²) in [5.74, 6) is -0.327. The van der Waals surface area contributed by atoms with E-state index in [2.05, 4.69) is 25.6 Å². The Morgan fingerprint density at radius 3 is 2.63 bits per heavy atom. The van der Waals surface area contributed by atoms with E-state index >= 15 is 0 Å². The van der Waals surface area contributed by atoms with Crippen molar-refractivity contribution in [3.63, 3.8) is 0 Å². The number of hydrogen-bond acceptors (Lipinski definition) is 5. The molecule has 1 saturated carbocycles. The van der Waals surface area contributed by atoms with E-state index in [-0.39, 0.29) is 17.9 Å².